The molecule has 1 saturated heterocycles. The van der Waals surface area contributed by atoms with E-state index >= 15 is 0 Å². The van der Waals surface area contributed by atoms with Crippen LogP contribution in [0.3, 0.4) is 0 Å². The Morgan fingerprint density at radius 3 is 2.59 bits per heavy atom. The quantitative estimate of drug-likeness (QED) is 0.491. The summed E-state index contributed by atoms with van der Waals surface area (Å²) in [7, 11) is 5.66. The maximum absolute atomic E-state index is 14.1. The van der Waals surface area contributed by atoms with Gasteiger partial charge in [-0.3, -0.25) is 9.59 Å². The molecular weight excluding hydrogens is 486 g/mol. The predicted octanol–water partition coefficient (Wildman–Crippen LogP) is 5.67. The number of fused-ring (bicyclic) bond motifs is 2. The fourth-order valence-electron chi connectivity index (χ4n) is 6.55. The number of hydrogen-bond acceptors (Lipinski definition) is 5. The van der Waals surface area contributed by atoms with Crippen molar-refractivity contribution in [2.45, 2.75) is 51.0 Å². The largest absolute Gasteiger partial charge is 0.497 e. The fraction of sp³-hybridized carbons (Fsp3) is 0.455. The van der Waals surface area contributed by atoms with E-state index in [1.807, 2.05) is 43.3 Å². The van der Waals surface area contributed by atoms with Crippen molar-refractivity contribution < 1.29 is 14.3 Å². The number of methoxy groups -OCH3 is 1. The number of likely N-dealkylation sites (N-methyl/N-ethyl adjacent to an activating group) is 2. The molecule has 1 aliphatic carbocycles. The summed E-state index contributed by atoms with van der Waals surface area (Å²) < 4.78 is 5.60. The summed E-state index contributed by atoms with van der Waals surface area (Å²) in [6.07, 6.45) is 13.4. The molecule has 1 saturated carbocycles. The fourth-order valence-corrected chi connectivity index (χ4v) is 6.55. The molecule has 1 unspecified atom stereocenters. The van der Waals surface area contributed by atoms with Gasteiger partial charge >= 0.3 is 0 Å². The highest BCUT2D eigenvalue weighted by Crippen LogP contribution is 2.42. The second kappa shape index (κ2) is 12.2. The van der Waals surface area contributed by atoms with Crippen molar-refractivity contribution in [2.75, 3.05) is 45.7 Å². The van der Waals surface area contributed by atoms with Gasteiger partial charge in [0, 0.05) is 55.1 Å². The number of rotatable bonds is 6. The van der Waals surface area contributed by atoms with Crippen molar-refractivity contribution in [1.29, 1.82) is 0 Å². The first-order chi connectivity index (χ1) is 19.0. The van der Waals surface area contributed by atoms with Gasteiger partial charge < -0.3 is 19.9 Å². The lowest BCUT2D eigenvalue weighted by atomic mass is 9.79. The first kappa shape index (κ1) is 27.2. The molecule has 3 aliphatic rings. The first-order valence-electron chi connectivity index (χ1n) is 14.4. The van der Waals surface area contributed by atoms with Crippen molar-refractivity contribution in [3.05, 3.63) is 64.2 Å². The van der Waals surface area contributed by atoms with Crippen LogP contribution in [0.4, 0.5) is 5.69 Å². The molecule has 1 amide bonds. The van der Waals surface area contributed by atoms with Gasteiger partial charge in [-0.25, -0.2) is 0 Å². The van der Waals surface area contributed by atoms with Crippen molar-refractivity contribution in [1.82, 2.24) is 10.2 Å². The van der Waals surface area contributed by atoms with E-state index < -0.39 is 0 Å². The Kier molecular flexibility index (Phi) is 8.51. The lowest BCUT2D eigenvalue weighted by Crippen LogP contribution is -2.43. The number of carbonyl (C=O) groups is 2. The number of aldehydes is 1. The summed E-state index contributed by atoms with van der Waals surface area (Å²) in [4.78, 5) is 30.1. The zero-order valence-corrected chi connectivity index (χ0v) is 23.5. The molecule has 6 nitrogen and oxygen atoms in total. The molecular formula is C33H41N3O3. The smallest absolute Gasteiger partial charge is 0.251 e. The Morgan fingerprint density at radius 1 is 1.03 bits per heavy atom. The SMILES string of the molecule is CNCC1CCCN1C(=O)/C1=C/c2cc(OC)ccc2/C=C(\C2CCCCC2)c2ccc(C=O)cc2N(C)C1. The van der Waals surface area contributed by atoms with Gasteiger partial charge in [0.05, 0.1) is 7.11 Å². The van der Waals surface area contributed by atoms with Crippen LogP contribution in [0.1, 0.15) is 72.0 Å². The van der Waals surface area contributed by atoms with Gasteiger partial charge in [0.25, 0.3) is 5.91 Å². The number of likely N-dealkylation sites (tertiary alicyclic amines) is 1. The van der Waals surface area contributed by atoms with E-state index in [9.17, 15) is 9.59 Å². The second-order valence-electron chi connectivity index (χ2n) is 11.2. The third-order valence-electron chi connectivity index (χ3n) is 8.62. The number of hydrogen-bond donors (Lipinski definition) is 1. The van der Waals surface area contributed by atoms with Crippen molar-refractivity contribution in [3.63, 3.8) is 0 Å². The van der Waals surface area contributed by atoms with Gasteiger partial charge in [0.2, 0.25) is 0 Å². The molecule has 206 valence electrons. The Labute approximate surface area is 232 Å². The minimum absolute atomic E-state index is 0.0820. The van der Waals surface area contributed by atoms with E-state index in [-0.39, 0.29) is 11.9 Å². The summed E-state index contributed by atoms with van der Waals surface area (Å²) in [6, 6.07) is 12.4. The standard InChI is InChI=1S/C33H41N3O3/c1-34-20-28-10-7-15-36(28)33(38)27-17-26-18-29(39-3)13-12-25(26)19-31(24-8-5-4-6-9-24)30-14-11-23(22-37)16-32(30)35(2)21-27/h11-14,16-19,22,24,28,34H,4-10,15,20-21H2,1-3H3/b27-17+,31-19+. The summed E-state index contributed by atoms with van der Waals surface area (Å²) in [5.74, 6) is 1.32. The molecule has 2 heterocycles. The molecule has 0 spiro atoms. The van der Waals surface area contributed by atoms with Gasteiger partial charge in [-0.2, -0.15) is 0 Å². The zero-order chi connectivity index (χ0) is 27.4. The molecule has 0 radical (unpaired) electrons. The van der Waals surface area contributed by atoms with E-state index in [4.69, 9.17) is 4.74 Å². The lowest BCUT2D eigenvalue weighted by Gasteiger charge is -2.32. The molecule has 6 heteroatoms. The van der Waals surface area contributed by atoms with Crippen molar-refractivity contribution in [2.24, 2.45) is 5.92 Å². The van der Waals surface area contributed by atoms with Gasteiger partial charge in [-0.05, 0) is 79.6 Å². The van der Waals surface area contributed by atoms with Crippen molar-refractivity contribution >= 4 is 35.6 Å². The minimum atomic E-state index is 0.0820. The third kappa shape index (κ3) is 5.81. The predicted molar refractivity (Wildman–Crippen MR) is 159 cm³/mol. The maximum Gasteiger partial charge on any atom is 0.251 e. The molecule has 2 fully saturated rings. The number of benzene rings is 2. The Balaban J connectivity index is 1.69. The van der Waals surface area contributed by atoms with Crippen LogP contribution in [0.25, 0.3) is 17.7 Å². The number of nitrogens with one attached hydrogen (secondary N) is 1. The molecule has 2 aromatic carbocycles. The van der Waals surface area contributed by atoms with E-state index in [1.165, 1.54) is 24.8 Å². The molecule has 1 atom stereocenters. The monoisotopic (exact) mass is 527 g/mol. The highest BCUT2D eigenvalue weighted by Gasteiger charge is 2.31. The van der Waals surface area contributed by atoms with Crippen LogP contribution in [0.2, 0.25) is 0 Å². The second-order valence-corrected chi connectivity index (χ2v) is 11.2. The van der Waals surface area contributed by atoms with Crippen LogP contribution in [0.5, 0.6) is 5.75 Å². The van der Waals surface area contributed by atoms with Gasteiger partial charge in [0.1, 0.15) is 12.0 Å². The van der Waals surface area contributed by atoms with Crippen LogP contribution >= 0.6 is 0 Å². The molecule has 0 aromatic heterocycles. The number of carbonyl (C=O) groups excluding carboxylic acids is 2. The average molecular weight is 528 g/mol. The van der Waals surface area contributed by atoms with Gasteiger partial charge in [-0.15, -0.1) is 0 Å². The summed E-state index contributed by atoms with van der Waals surface area (Å²) in [5.41, 5.74) is 6.95. The van der Waals surface area contributed by atoms with Gasteiger partial charge in [-0.1, -0.05) is 43.5 Å². The number of nitrogens with zero attached hydrogens (tertiary/aromatic N) is 2. The number of anilines is 1. The van der Waals surface area contributed by atoms with Crippen LogP contribution in [0.15, 0.2) is 42.0 Å². The molecule has 39 heavy (non-hydrogen) atoms. The highest BCUT2D eigenvalue weighted by molar-refractivity contribution is 6.01. The summed E-state index contributed by atoms with van der Waals surface area (Å²) in [5, 5.41) is 3.26. The number of ether oxygens (including phenoxy) is 1. The zero-order valence-electron chi connectivity index (χ0n) is 23.5. The summed E-state index contributed by atoms with van der Waals surface area (Å²) in [6.45, 7) is 2.01. The molecule has 5 rings (SSSR count). The van der Waals surface area contributed by atoms with Crippen LogP contribution in [0, 0.1) is 5.92 Å². The number of amides is 1. The minimum Gasteiger partial charge on any atom is -0.497 e. The topological polar surface area (TPSA) is 61.9 Å². The normalized spacial score (nSPS) is 22.7. The molecule has 2 aromatic rings. The average Bonchev–Trinajstić information content (AvgIpc) is 3.44. The Morgan fingerprint density at radius 2 is 1.85 bits per heavy atom. The first-order valence-corrected chi connectivity index (χ1v) is 14.4. The van der Waals surface area contributed by atoms with Crippen LogP contribution in [-0.4, -0.2) is 64.0 Å². The van der Waals surface area contributed by atoms with E-state index in [2.05, 4.69) is 34.5 Å². The van der Waals surface area contributed by atoms with Crippen LogP contribution in [-0.2, 0) is 4.79 Å². The van der Waals surface area contributed by atoms with E-state index in [1.54, 1.807) is 7.11 Å². The molecule has 0 bridgehead atoms. The maximum atomic E-state index is 14.1. The lowest BCUT2D eigenvalue weighted by molar-refractivity contribution is -0.127. The van der Waals surface area contributed by atoms with Gasteiger partial charge in [0.15, 0.2) is 0 Å². The molecule has 1 N–H and O–H groups in total. The number of allylic oxidation sites excluding steroid dienone is 1. The summed E-state index contributed by atoms with van der Waals surface area (Å²) >= 11 is 0. The van der Waals surface area contributed by atoms with E-state index in [0.717, 1.165) is 78.8 Å². The highest BCUT2D eigenvalue weighted by atomic mass is 16.5. The third-order valence-corrected chi connectivity index (χ3v) is 8.62. The van der Waals surface area contributed by atoms with E-state index in [0.29, 0.717) is 18.0 Å². The van der Waals surface area contributed by atoms with Crippen molar-refractivity contribution in [3.8, 4) is 5.75 Å². The Hall–Kier alpha value is -3.38. The Bertz CT molecular complexity index is 1270. The van der Waals surface area contributed by atoms with Crippen LogP contribution < -0.4 is 15.0 Å². The molecule has 2 aliphatic heterocycles.